The minimum Gasteiger partial charge on any atom is -0.497 e. The number of nitrogens with one attached hydrogen (secondary N) is 1. The molecule has 1 N–H and O–H groups in total. The highest BCUT2D eigenvalue weighted by atomic mass is 35.5. The summed E-state index contributed by atoms with van der Waals surface area (Å²) in [5.74, 6) is 1.31. The number of alkyl halides is 1. The molecule has 1 aromatic heterocycles. The van der Waals surface area contributed by atoms with Crippen molar-refractivity contribution in [3.63, 3.8) is 0 Å². The molecule has 0 unspecified atom stereocenters. The Balaban J connectivity index is 0.00000128. The fraction of sp³-hybridized carbons (Fsp3) is 0.200. The monoisotopic (exact) mass is 260 g/mol. The number of aromatic amines is 1. The molecule has 0 fully saturated rings. The normalized spacial score (nSPS) is 9.88. The van der Waals surface area contributed by atoms with E-state index in [1.807, 2.05) is 0 Å². The summed E-state index contributed by atoms with van der Waals surface area (Å²) >= 11 is 5.61. The van der Waals surface area contributed by atoms with Crippen molar-refractivity contribution in [3.8, 4) is 5.75 Å². The van der Waals surface area contributed by atoms with Crippen LogP contribution in [0.25, 0.3) is 10.9 Å². The number of hydrogen-bond acceptors (Lipinski definition) is 3. The standard InChI is InChI=1S/C10H9ClN2O2.ClH/c1-15-6-2-3-7-8(4-6)12-9(5-11)13-10(7)14;/h2-4H,5H2,1H3,(H,12,13,14);1H. The lowest BCUT2D eigenvalue weighted by Crippen LogP contribution is -2.10. The summed E-state index contributed by atoms with van der Waals surface area (Å²) in [5.41, 5.74) is 0.409. The van der Waals surface area contributed by atoms with E-state index in [2.05, 4.69) is 9.97 Å². The topological polar surface area (TPSA) is 55.0 Å². The number of nitrogens with zero attached hydrogens (tertiary/aromatic N) is 1. The molecule has 1 aromatic carbocycles. The van der Waals surface area contributed by atoms with Crippen molar-refractivity contribution in [1.29, 1.82) is 0 Å². The Morgan fingerprint density at radius 3 is 2.88 bits per heavy atom. The van der Waals surface area contributed by atoms with Crippen LogP contribution in [0.5, 0.6) is 5.75 Å². The predicted molar refractivity (Wildman–Crippen MR) is 65.7 cm³/mol. The average Bonchev–Trinajstić information content (AvgIpc) is 2.28. The molecule has 0 saturated carbocycles. The van der Waals surface area contributed by atoms with Gasteiger partial charge < -0.3 is 9.72 Å². The van der Waals surface area contributed by atoms with Gasteiger partial charge in [0.15, 0.2) is 0 Å². The summed E-state index contributed by atoms with van der Waals surface area (Å²) in [6.07, 6.45) is 0. The molecule has 4 nitrogen and oxygen atoms in total. The molecule has 0 spiro atoms. The van der Waals surface area contributed by atoms with Gasteiger partial charge in [-0.1, -0.05) is 0 Å². The van der Waals surface area contributed by atoms with Gasteiger partial charge in [-0.15, -0.1) is 24.0 Å². The Hall–Kier alpha value is -1.26. The van der Waals surface area contributed by atoms with Gasteiger partial charge in [-0.25, -0.2) is 4.98 Å². The zero-order valence-corrected chi connectivity index (χ0v) is 10.1. The van der Waals surface area contributed by atoms with E-state index in [0.29, 0.717) is 22.5 Å². The Kier molecular flexibility index (Phi) is 4.15. The second-order valence-electron chi connectivity index (χ2n) is 3.03. The molecular formula is C10H10Cl2N2O2. The third-order valence-electron chi connectivity index (χ3n) is 2.09. The number of fused-ring (bicyclic) bond motifs is 1. The molecule has 6 heteroatoms. The Bertz CT molecular complexity index is 549. The SMILES string of the molecule is COc1ccc2c(=O)[nH]c(CCl)nc2c1.Cl. The van der Waals surface area contributed by atoms with E-state index >= 15 is 0 Å². The number of methoxy groups -OCH3 is 1. The van der Waals surface area contributed by atoms with E-state index in [0.717, 1.165) is 0 Å². The Labute approximate surface area is 103 Å². The van der Waals surface area contributed by atoms with E-state index in [1.165, 1.54) is 0 Å². The average molecular weight is 261 g/mol. The largest absolute Gasteiger partial charge is 0.497 e. The van der Waals surface area contributed by atoms with Crippen molar-refractivity contribution in [2.24, 2.45) is 0 Å². The Morgan fingerprint density at radius 2 is 2.25 bits per heavy atom. The third kappa shape index (κ3) is 2.28. The molecule has 0 atom stereocenters. The molecule has 0 radical (unpaired) electrons. The van der Waals surface area contributed by atoms with Gasteiger partial charge in [0.05, 0.1) is 23.9 Å². The van der Waals surface area contributed by atoms with Gasteiger partial charge in [-0.05, 0) is 12.1 Å². The van der Waals surface area contributed by atoms with Crippen molar-refractivity contribution in [2.45, 2.75) is 5.88 Å². The van der Waals surface area contributed by atoms with Crippen LogP contribution >= 0.6 is 24.0 Å². The molecule has 2 aromatic rings. The number of hydrogen-bond donors (Lipinski definition) is 1. The second-order valence-corrected chi connectivity index (χ2v) is 3.30. The van der Waals surface area contributed by atoms with Crippen LogP contribution in [0.4, 0.5) is 0 Å². The number of H-pyrrole nitrogens is 1. The van der Waals surface area contributed by atoms with Crippen LogP contribution in [-0.4, -0.2) is 17.1 Å². The number of benzene rings is 1. The van der Waals surface area contributed by atoms with Crippen LogP contribution < -0.4 is 10.3 Å². The van der Waals surface area contributed by atoms with Crippen LogP contribution in [0.3, 0.4) is 0 Å². The van der Waals surface area contributed by atoms with Gasteiger partial charge in [0, 0.05) is 6.07 Å². The molecule has 0 aliphatic heterocycles. The summed E-state index contributed by atoms with van der Waals surface area (Å²) in [6.45, 7) is 0. The number of ether oxygens (including phenoxy) is 1. The summed E-state index contributed by atoms with van der Waals surface area (Å²) in [5, 5.41) is 0.532. The van der Waals surface area contributed by atoms with E-state index in [-0.39, 0.29) is 23.8 Å². The van der Waals surface area contributed by atoms with Crippen molar-refractivity contribution >= 4 is 34.9 Å². The first-order chi connectivity index (χ1) is 7.24. The van der Waals surface area contributed by atoms with Crippen LogP contribution in [0, 0.1) is 0 Å². The smallest absolute Gasteiger partial charge is 0.258 e. The van der Waals surface area contributed by atoms with Gasteiger partial charge >= 0.3 is 0 Å². The molecule has 0 bridgehead atoms. The van der Waals surface area contributed by atoms with E-state index in [9.17, 15) is 4.79 Å². The lowest BCUT2D eigenvalue weighted by atomic mass is 10.2. The van der Waals surface area contributed by atoms with Crippen LogP contribution in [0.2, 0.25) is 0 Å². The molecule has 16 heavy (non-hydrogen) atoms. The molecule has 1 heterocycles. The quantitative estimate of drug-likeness (QED) is 0.842. The second kappa shape index (κ2) is 5.18. The first kappa shape index (κ1) is 12.8. The van der Waals surface area contributed by atoms with Crippen molar-refractivity contribution in [1.82, 2.24) is 9.97 Å². The maximum absolute atomic E-state index is 11.6. The van der Waals surface area contributed by atoms with Gasteiger partial charge in [0.1, 0.15) is 11.6 Å². The highest BCUT2D eigenvalue weighted by Gasteiger charge is 2.04. The van der Waals surface area contributed by atoms with Crippen molar-refractivity contribution in [2.75, 3.05) is 7.11 Å². The zero-order valence-electron chi connectivity index (χ0n) is 8.49. The molecule has 0 amide bonds. The minimum absolute atomic E-state index is 0. The lowest BCUT2D eigenvalue weighted by molar-refractivity contribution is 0.415. The van der Waals surface area contributed by atoms with E-state index in [1.54, 1.807) is 25.3 Å². The summed E-state index contributed by atoms with van der Waals surface area (Å²) < 4.78 is 5.05. The van der Waals surface area contributed by atoms with Crippen molar-refractivity contribution in [3.05, 3.63) is 34.4 Å². The molecule has 0 aliphatic rings. The van der Waals surface area contributed by atoms with E-state index in [4.69, 9.17) is 16.3 Å². The fourth-order valence-electron chi connectivity index (χ4n) is 1.36. The first-order valence-electron chi connectivity index (χ1n) is 4.37. The summed E-state index contributed by atoms with van der Waals surface area (Å²) in [7, 11) is 1.57. The van der Waals surface area contributed by atoms with Crippen molar-refractivity contribution < 1.29 is 4.74 Å². The fourth-order valence-corrected chi connectivity index (χ4v) is 1.48. The van der Waals surface area contributed by atoms with Crippen LogP contribution in [0.1, 0.15) is 5.82 Å². The molecule has 0 aliphatic carbocycles. The lowest BCUT2D eigenvalue weighted by Gasteiger charge is -2.02. The predicted octanol–water partition coefficient (Wildman–Crippen LogP) is 2.09. The summed E-state index contributed by atoms with van der Waals surface area (Å²) in [4.78, 5) is 18.4. The van der Waals surface area contributed by atoms with Gasteiger partial charge in [0.25, 0.3) is 5.56 Å². The van der Waals surface area contributed by atoms with Gasteiger partial charge in [-0.3, -0.25) is 4.79 Å². The van der Waals surface area contributed by atoms with Gasteiger partial charge in [-0.2, -0.15) is 0 Å². The number of halogens is 2. The molecule has 2 rings (SSSR count). The Morgan fingerprint density at radius 1 is 1.50 bits per heavy atom. The zero-order chi connectivity index (χ0) is 10.8. The number of aromatic nitrogens is 2. The highest BCUT2D eigenvalue weighted by molar-refractivity contribution is 6.16. The maximum Gasteiger partial charge on any atom is 0.258 e. The van der Waals surface area contributed by atoms with Gasteiger partial charge in [0.2, 0.25) is 0 Å². The maximum atomic E-state index is 11.6. The highest BCUT2D eigenvalue weighted by Crippen LogP contribution is 2.16. The molecule has 86 valence electrons. The third-order valence-corrected chi connectivity index (χ3v) is 2.34. The first-order valence-corrected chi connectivity index (χ1v) is 4.91. The number of rotatable bonds is 2. The molecule has 0 saturated heterocycles. The van der Waals surface area contributed by atoms with E-state index < -0.39 is 0 Å². The van der Waals surface area contributed by atoms with Crippen LogP contribution in [-0.2, 0) is 5.88 Å². The molecular weight excluding hydrogens is 251 g/mol. The van der Waals surface area contributed by atoms with Crippen LogP contribution in [0.15, 0.2) is 23.0 Å². The minimum atomic E-state index is -0.182. The summed E-state index contributed by atoms with van der Waals surface area (Å²) in [6, 6.07) is 5.11.